The third kappa shape index (κ3) is 2.67. The molecule has 0 bridgehead atoms. The molecule has 0 atom stereocenters. The van der Waals surface area contributed by atoms with E-state index in [9.17, 15) is 13.6 Å². The van der Waals surface area contributed by atoms with E-state index in [1.54, 1.807) is 10.6 Å². The summed E-state index contributed by atoms with van der Waals surface area (Å²) in [4.78, 5) is 21.8. The zero-order valence-electron chi connectivity index (χ0n) is 15.0. The molecule has 0 amide bonds. The number of fused-ring (bicyclic) bond motifs is 3. The maximum Gasteiger partial charge on any atom is 0.266 e. The molecule has 0 N–H and O–H groups in total. The predicted octanol–water partition coefficient (Wildman–Crippen LogP) is 3.75. The van der Waals surface area contributed by atoms with Crippen LogP contribution in [0.3, 0.4) is 0 Å². The SMILES string of the molecule is O=c1c2cnc3nc(C4CCCCC4)nn3c2ccn1-c1ccc(F)c(F)c1. The fourth-order valence-electron chi connectivity index (χ4n) is 3.91. The first-order chi connectivity index (χ1) is 13.6. The molecule has 1 aliphatic rings. The van der Waals surface area contributed by atoms with Crippen molar-refractivity contribution < 1.29 is 8.78 Å². The van der Waals surface area contributed by atoms with Gasteiger partial charge in [-0.1, -0.05) is 19.3 Å². The normalized spacial score (nSPS) is 15.5. The Morgan fingerprint density at radius 1 is 1.04 bits per heavy atom. The van der Waals surface area contributed by atoms with E-state index in [0.717, 1.165) is 30.8 Å². The van der Waals surface area contributed by atoms with E-state index < -0.39 is 11.6 Å². The molecule has 0 aliphatic heterocycles. The van der Waals surface area contributed by atoms with Crippen LogP contribution < -0.4 is 5.56 Å². The van der Waals surface area contributed by atoms with Crippen LogP contribution in [-0.2, 0) is 0 Å². The first-order valence-corrected chi connectivity index (χ1v) is 9.34. The van der Waals surface area contributed by atoms with E-state index in [2.05, 4.69) is 15.1 Å². The number of pyridine rings is 1. The van der Waals surface area contributed by atoms with Gasteiger partial charge in [0.15, 0.2) is 17.5 Å². The summed E-state index contributed by atoms with van der Waals surface area (Å²) in [6, 6.07) is 5.06. The van der Waals surface area contributed by atoms with Crippen LogP contribution in [0, 0.1) is 11.6 Å². The third-order valence-electron chi connectivity index (χ3n) is 5.40. The molecule has 142 valence electrons. The van der Waals surface area contributed by atoms with E-state index in [0.29, 0.717) is 22.6 Å². The van der Waals surface area contributed by atoms with Gasteiger partial charge in [0.2, 0.25) is 0 Å². The Hall–Kier alpha value is -3.16. The van der Waals surface area contributed by atoms with Crippen LogP contribution >= 0.6 is 0 Å². The van der Waals surface area contributed by atoms with E-state index in [1.807, 2.05) is 0 Å². The molecule has 0 radical (unpaired) electrons. The average Bonchev–Trinajstić information content (AvgIpc) is 3.16. The largest absolute Gasteiger partial charge is 0.284 e. The quantitative estimate of drug-likeness (QED) is 0.530. The van der Waals surface area contributed by atoms with Crippen molar-refractivity contribution in [2.75, 3.05) is 0 Å². The number of halogens is 2. The van der Waals surface area contributed by atoms with Crippen molar-refractivity contribution in [2.45, 2.75) is 38.0 Å². The molecule has 0 unspecified atom stereocenters. The Morgan fingerprint density at radius 2 is 1.86 bits per heavy atom. The number of rotatable bonds is 2. The highest BCUT2D eigenvalue weighted by Gasteiger charge is 2.21. The van der Waals surface area contributed by atoms with Crippen molar-refractivity contribution in [3.05, 3.63) is 64.5 Å². The summed E-state index contributed by atoms with van der Waals surface area (Å²) in [5.41, 5.74) is 0.448. The summed E-state index contributed by atoms with van der Waals surface area (Å²) < 4.78 is 29.6. The van der Waals surface area contributed by atoms with Gasteiger partial charge in [0, 0.05) is 24.4 Å². The standard InChI is InChI=1S/C20H17F2N5O/c21-15-7-6-13(10-16(15)22)26-9-8-17-14(19(26)28)11-23-20-24-18(25-27(17)20)12-4-2-1-3-5-12/h6-12H,1-5H2. The zero-order chi connectivity index (χ0) is 19.3. The van der Waals surface area contributed by atoms with Gasteiger partial charge in [-0.05, 0) is 31.0 Å². The van der Waals surface area contributed by atoms with E-state index in [-0.39, 0.29) is 11.2 Å². The molecule has 1 aliphatic carbocycles. The lowest BCUT2D eigenvalue weighted by Gasteiger charge is -2.17. The van der Waals surface area contributed by atoms with Crippen molar-refractivity contribution in [3.63, 3.8) is 0 Å². The van der Waals surface area contributed by atoms with E-state index in [4.69, 9.17) is 0 Å². The smallest absolute Gasteiger partial charge is 0.266 e. The number of hydrogen-bond acceptors (Lipinski definition) is 4. The van der Waals surface area contributed by atoms with Gasteiger partial charge in [-0.3, -0.25) is 9.36 Å². The van der Waals surface area contributed by atoms with Crippen LogP contribution in [0.15, 0.2) is 41.5 Å². The summed E-state index contributed by atoms with van der Waals surface area (Å²) in [7, 11) is 0. The summed E-state index contributed by atoms with van der Waals surface area (Å²) in [6.07, 6.45) is 8.71. The topological polar surface area (TPSA) is 65.1 Å². The first-order valence-electron chi connectivity index (χ1n) is 9.34. The van der Waals surface area contributed by atoms with Crippen LogP contribution in [0.25, 0.3) is 22.4 Å². The average molecular weight is 381 g/mol. The second kappa shape index (κ2) is 6.47. The number of aromatic nitrogens is 5. The highest BCUT2D eigenvalue weighted by Crippen LogP contribution is 2.31. The van der Waals surface area contributed by atoms with E-state index >= 15 is 0 Å². The predicted molar refractivity (Wildman–Crippen MR) is 99.6 cm³/mol. The maximum absolute atomic E-state index is 13.6. The molecule has 3 heterocycles. The fraction of sp³-hybridized carbons (Fsp3) is 0.300. The van der Waals surface area contributed by atoms with Crippen LogP contribution in [0.2, 0.25) is 0 Å². The van der Waals surface area contributed by atoms with Crippen LogP contribution in [0.1, 0.15) is 43.8 Å². The first kappa shape index (κ1) is 17.0. The highest BCUT2D eigenvalue weighted by atomic mass is 19.2. The van der Waals surface area contributed by atoms with Gasteiger partial charge in [-0.15, -0.1) is 5.10 Å². The van der Waals surface area contributed by atoms with Crippen LogP contribution in [0.4, 0.5) is 8.78 Å². The molecule has 0 saturated heterocycles. The highest BCUT2D eigenvalue weighted by molar-refractivity contribution is 5.79. The maximum atomic E-state index is 13.6. The van der Waals surface area contributed by atoms with Crippen LogP contribution in [-0.4, -0.2) is 24.1 Å². The minimum absolute atomic E-state index is 0.243. The molecular weight excluding hydrogens is 364 g/mol. The zero-order valence-corrected chi connectivity index (χ0v) is 15.0. The monoisotopic (exact) mass is 381 g/mol. The molecule has 1 fully saturated rings. The molecule has 0 spiro atoms. The second-order valence-corrected chi connectivity index (χ2v) is 7.16. The minimum atomic E-state index is -1.01. The van der Waals surface area contributed by atoms with Crippen LogP contribution in [0.5, 0.6) is 0 Å². The molecule has 4 aromatic rings. The Labute approximate surface area is 158 Å². The Morgan fingerprint density at radius 3 is 2.64 bits per heavy atom. The van der Waals surface area contributed by atoms with Crippen molar-refractivity contribution in [3.8, 4) is 5.69 Å². The second-order valence-electron chi connectivity index (χ2n) is 7.16. The number of benzene rings is 1. The van der Waals surface area contributed by atoms with E-state index in [1.165, 1.54) is 42.3 Å². The Kier molecular flexibility index (Phi) is 3.92. The molecule has 5 rings (SSSR count). The fourth-order valence-corrected chi connectivity index (χ4v) is 3.91. The summed E-state index contributed by atoms with van der Waals surface area (Å²) >= 11 is 0. The third-order valence-corrected chi connectivity index (χ3v) is 5.40. The van der Waals surface area contributed by atoms with Gasteiger partial charge in [-0.25, -0.2) is 13.8 Å². The minimum Gasteiger partial charge on any atom is -0.284 e. The lowest BCUT2D eigenvalue weighted by atomic mass is 9.89. The van der Waals surface area contributed by atoms with Gasteiger partial charge in [-0.2, -0.15) is 9.50 Å². The van der Waals surface area contributed by atoms with Gasteiger partial charge in [0.05, 0.1) is 16.6 Å². The van der Waals surface area contributed by atoms with Gasteiger partial charge >= 0.3 is 0 Å². The van der Waals surface area contributed by atoms with Crippen molar-refractivity contribution >= 4 is 16.7 Å². The molecule has 6 nitrogen and oxygen atoms in total. The molecule has 3 aromatic heterocycles. The lowest BCUT2D eigenvalue weighted by Crippen LogP contribution is -2.19. The van der Waals surface area contributed by atoms with Crippen molar-refractivity contribution in [2.24, 2.45) is 0 Å². The lowest BCUT2D eigenvalue weighted by molar-refractivity contribution is 0.429. The summed E-state index contributed by atoms with van der Waals surface area (Å²) in [5.74, 6) is -0.416. The van der Waals surface area contributed by atoms with Gasteiger partial charge < -0.3 is 0 Å². The van der Waals surface area contributed by atoms with Crippen molar-refractivity contribution in [1.82, 2.24) is 24.1 Å². The molecule has 1 saturated carbocycles. The molecular formula is C20H17F2N5O. The Balaban J connectivity index is 1.65. The number of hydrogen-bond donors (Lipinski definition) is 0. The number of nitrogens with zero attached hydrogens (tertiary/aromatic N) is 5. The molecule has 28 heavy (non-hydrogen) atoms. The molecule has 1 aromatic carbocycles. The molecule has 8 heteroatoms. The van der Waals surface area contributed by atoms with Crippen molar-refractivity contribution in [1.29, 1.82) is 0 Å². The summed E-state index contributed by atoms with van der Waals surface area (Å²) in [6.45, 7) is 0. The van der Waals surface area contributed by atoms with Gasteiger partial charge in [0.1, 0.15) is 0 Å². The Bertz CT molecular complexity index is 1260. The summed E-state index contributed by atoms with van der Waals surface area (Å²) in [5, 5.41) is 4.95. The van der Waals surface area contributed by atoms with Gasteiger partial charge in [0.25, 0.3) is 11.3 Å².